The fraction of sp³-hybridized carbons (Fsp3) is 0.211. The van der Waals surface area contributed by atoms with Crippen LogP contribution in [-0.4, -0.2) is 11.7 Å². The summed E-state index contributed by atoms with van der Waals surface area (Å²) in [5, 5.41) is 9.69. The third-order valence-corrected chi connectivity index (χ3v) is 4.95. The molecular formula is C19H16N2O2. The molecule has 3 rings (SSSR count). The minimum Gasteiger partial charge on any atom is -0.368 e. The van der Waals surface area contributed by atoms with E-state index in [-0.39, 0.29) is 5.78 Å². The fourth-order valence-electron chi connectivity index (χ4n) is 3.68. The summed E-state index contributed by atoms with van der Waals surface area (Å²) in [5.74, 6) is -1.51. The van der Waals surface area contributed by atoms with Gasteiger partial charge in [0.15, 0.2) is 11.2 Å². The zero-order chi connectivity index (χ0) is 16.7. The largest absolute Gasteiger partial charge is 0.368 e. The predicted octanol–water partition coefficient (Wildman–Crippen LogP) is 2.67. The first kappa shape index (κ1) is 15.0. The lowest BCUT2D eigenvalue weighted by Crippen LogP contribution is -2.32. The second-order valence-electron chi connectivity index (χ2n) is 6.03. The molecule has 1 fully saturated rings. The van der Waals surface area contributed by atoms with Crippen molar-refractivity contribution in [2.45, 2.75) is 12.8 Å². The molecule has 3 unspecified atom stereocenters. The van der Waals surface area contributed by atoms with Crippen LogP contribution in [-0.2, 0) is 4.79 Å². The van der Waals surface area contributed by atoms with Crippen molar-refractivity contribution < 1.29 is 9.59 Å². The summed E-state index contributed by atoms with van der Waals surface area (Å²) in [6, 6.07) is 19.9. The van der Waals surface area contributed by atoms with E-state index in [9.17, 15) is 14.9 Å². The topological polar surface area (TPSA) is 83.9 Å². The minimum absolute atomic E-state index is 0.229. The van der Waals surface area contributed by atoms with E-state index < -0.39 is 22.7 Å². The van der Waals surface area contributed by atoms with Gasteiger partial charge in [-0.2, -0.15) is 5.26 Å². The summed E-state index contributed by atoms with van der Waals surface area (Å²) in [7, 11) is 0. The summed E-state index contributed by atoms with van der Waals surface area (Å²) in [5.41, 5.74) is 4.14. The molecule has 4 nitrogen and oxygen atoms in total. The molecule has 0 saturated heterocycles. The maximum absolute atomic E-state index is 13.0. The SMILES string of the molecule is CC1(C(=O)c2ccccc2)C(c2ccccc2)C1(C#N)C(N)=O. The monoisotopic (exact) mass is 304 g/mol. The molecule has 0 aromatic heterocycles. The van der Waals surface area contributed by atoms with Crippen LogP contribution in [0.25, 0.3) is 0 Å². The van der Waals surface area contributed by atoms with E-state index in [1.807, 2.05) is 42.5 Å². The van der Waals surface area contributed by atoms with Crippen molar-refractivity contribution in [3.8, 4) is 6.07 Å². The van der Waals surface area contributed by atoms with Crippen molar-refractivity contribution in [3.63, 3.8) is 0 Å². The predicted molar refractivity (Wildman–Crippen MR) is 85.3 cm³/mol. The van der Waals surface area contributed by atoms with Crippen molar-refractivity contribution in [1.29, 1.82) is 5.26 Å². The summed E-state index contributed by atoms with van der Waals surface area (Å²) >= 11 is 0. The second kappa shape index (κ2) is 5.06. The molecule has 1 amide bonds. The van der Waals surface area contributed by atoms with Gasteiger partial charge in [0, 0.05) is 11.5 Å². The Balaban J connectivity index is 2.14. The van der Waals surface area contributed by atoms with Crippen LogP contribution >= 0.6 is 0 Å². The third-order valence-electron chi connectivity index (χ3n) is 4.95. The molecule has 23 heavy (non-hydrogen) atoms. The lowest BCUT2D eigenvalue weighted by molar-refractivity contribution is -0.122. The van der Waals surface area contributed by atoms with Gasteiger partial charge in [-0.1, -0.05) is 60.7 Å². The number of Topliss-reactive ketones (excluding diaryl/α,β-unsaturated/α-hetero) is 1. The summed E-state index contributed by atoms with van der Waals surface area (Å²) in [6.45, 7) is 1.66. The Kier molecular flexibility index (Phi) is 3.30. The van der Waals surface area contributed by atoms with E-state index in [1.54, 1.807) is 31.2 Å². The highest BCUT2D eigenvalue weighted by Gasteiger charge is 2.82. The van der Waals surface area contributed by atoms with Gasteiger partial charge in [0.2, 0.25) is 5.91 Å². The highest BCUT2D eigenvalue weighted by molar-refractivity contribution is 6.11. The molecule has 2 aromatic rings. The number of carbonyl (C=O) groups is 2. The van der Waals surface area contributed by atoms with Crippen LogP contribution in [0.5, 0.6) is 0 Å². The van der Waals surface area contributed by atoms with Gasteiger partial charge in [0.1, 0.15) is 0 Å². The number of ketones is 1. The number of benzene rings is 2. The van der Waals surface area contributed by atoms with Gasteiger partial charge in [-0.15, -0.1) is 0 Å². The molecule has 1 saturated carbocycles. The van der Waals surface area contributed by atoms with Crippen LogP contribution < -0.4 is 5.73 Å². The number of primary amides is 1. The molecule has 2 N–H and O–H groups in total. The van der Waals surface area contributed by atoms with Gasteiger partial charge in [0.05, 0.1) is 11.5 Å². The molecule has 4 heteroatoms. The maximum Gasteiger partial charge on any atom is 0.239 e. The number of carbonyl (C=O) groups excluding carboxylic acids is 2. The van der Waals surface area contributed by atoms with E-state index >= 15 is 0 Å². The molecule has 114 valence electrons. The molecule has 1 aliphatic rings. The lowest BCUT2D eigenvalue weighted by atomic mass is 9.87. The van der Waals surface area contributed by atoms with Crippen molar-refractivity contribution in [2.75, 3.05) is 0 Å². The third kappa shape index (κ3) is 1.83. The number of amides is 1. The average molecular weight is 304 g/mol. The van der Waals surface area contributed by atoms with Crippen LogP contribution in [0.15, 0.2) is 60.7 Å². The van der Waals surface area contributed by atoms with E-state index in [0.717, 1.165) is 5.56 Å². The zero-order valence-electron chi connectivity index (χ0n) is 12.7. The Morgan fingerprint density at radius 2 is 1.57 bits per heavy atom. The quantitative estimate of drug-likeness (QED) is 0.881. The van der Waals surface area contributed by atoms with Gasteiger partial charge in [-0.05, 0) is 12.5 Å². The zero-order valence-corrected chi connectivity index (χ0v) is 12.7. The highest BCUT2D eigenvalue weighted by atomic mass is 16.2. The van der Waals surface area contributed by atoms with Crippen molar-refractivity contribution >= 4 is 11.7 Å². The number of hydrogen-bond acceptors (Lipinski definition) is 3. The Hall–Kier alpha value is -2.93. The van der Waals surface area contributed by atoms with Gasteiger partial charge in [-0.25, -0.2) is 0 Å². The number of nitriles is 1. The molecule has 0 bridgehead atoms. The van der Waals surface area contributed by atoms with Crippen LogP contribution in [0.4, 0.5) is 0 Å². The summed E-state index contributed by atoms with van der Waals surface area (Å²) < 4.78 is 0. The Bertz CT molecular complexity index is 810. The number of nitrogens with two attached hydrogens (primary N) is 1. The van der Waals surface area contributed by atoms with Crippen molar-refractivity contribution in [1.82, 2.24) is 0 Å². The first-order valence-electron chi connectivity index (χ1n) is 7.36. The molecule has 0 radical (unpaired) electrons. The highest BCUT2D eigenvalue weighted by Crippen LogP contribution is 2.74. The van der Waals surface area contributed by atoms with E-state index in [4.69, 9.17) is 5.73 Å². The average Bonchev–Trinajstić information content (AvgIpc) is 3.17. The van der Waals surface area contributed by atoms with E-state index in [0.29, 0.717) is 5.56 Å². The molecule has 0 spiro atoms. The van der Waals surface area contributed by atoms with Gasteiger partial charge >= 0.3 is 0 Å². The Morgan fingerprint density at radius 3 is 2.04 bits per heavy atom. The normalized spacial score (nSPS) is 28.6. The molecule has 0 aliphatic heterocycles. The Labute approximate surface area is 134 Å². The maximum atomic E-state index is 13.0. The number of nitrogens with zero attached hydrogens (tertiary/aromatic N) is 1. The number of rotatable bonds is 4. The number of hydrogen-bond donors (Lipinski definition) is 1. The van der Waals surface area contributed by atoms with Crippen molar-refractivity contribution in [2.24, 2.45) is 16.6 Å². The van der Waals surface area contributed by atoms with Gasteiger partial charge in [0.25, 0.3) is 0 Å². The summed E-state index contributed by atoms with van der Waals surface area (Å²) in [6.07, 6.45) is 0. The molecule has 3 atom stereocenters. The molecule has 2 aromatic carbocycles. The lowest BCUT2D eigenvalue weighted by Gasteiger charge is -2.12. The minimum atomic E-state index is -1.51. The summed E-state index contributed by atoms with van der Waals surface area (Å²) in [4.78, 5) is 25.1. The first-order chi connectivity index (χ1) is 11.0. The molecular weight excluding hydrogens is 288 g/mol. The smallest absolute Gasteiger partial charge is 0.239 e. The van der Waals surface area contributed by atoms with Crippen LogP contribution in [0.1, 0.15) is 28.8 Å². The first-order valence-corrected chi connectivity index (χ1v) is 7.36. The Morgan fingerprint density at radius 1 is 1.04 bits per heavy atom. The van der Waals surface area contributed by atoms with Crippen LogP contribution in [0.2, 0.25) is 0 Å². The molecule has 1 aliphatic carbocycles. The van der Waals surface area contributed by atoms with E-state index in [1.165, 1.54) is 0 Å². The second-order valence-corrected chi connectivity index (χ2v) is 6.03. The fourth-order valence-corrected chi connectivity index (χ4v) is 3.68. The molecule has 0 heterocycles. The standard InChI is InChI=1S/C19H16N2O2/c1-18(16(22)14-10-6-3-7-11-14)15(13-8-4-2-5-9-13)19(18,12-20)17(21)23/h2-11,15H,1H3,(H2,21,23). The van der Waals surface area contributed by atoms with Crippen molar-refractivity contribution in [3.05, 3.63) is 71.8 Å². The van der Waals surface area contributed by atoms with Gasteiger partial charge in [-0.3, -0.25) is 9.59 Å². The van der Waals surface area contributed by atoms with Crippen LogP contribution in [0.3, 0.4) is 0 Å². The van der Waals surface area contributed by atoms with E-state index in [2.05, 4.69) is 0 Å². The van der Waals surface area contributed by atoms with Crippen LogP contribution in [0, 0.1) is 22.2 Å². The van der Waals surface area contributed by atoms with Gasteiger partial charge < -0.3 is 5.73 Å².